The minimum Gasteiger partial charge on any atom is -0.477 e. The Labute approximate surface area is 156 Å². The van der Waals surface area contributed by atoms with Gasteiger partial charge in [0.05, 0.1) is 12.2 Å². The lowest BCUT2D eigenvalue weighted by Gasteiger charge is -2.12. The number of carboxylic acids is 1. The number of carboxylic acid groups (broad SMARTS) is 1. The third-order valence-corrected chi connectivity index (χ3v) is 5.29. The molecule has 24 heavy (non-hydrogen) atoms. The van der Waals surface area contributed by atoms with Gasteiger partial charge in [-0.3, -0.25) is 0 Å². The molecule has 0 bridgehead atoms. The predicted octanol–water partition coefficient (Wildman–Crippen LogP) is 5.53. The summed E-state index contributed by atoms with van der Waals surface area (Å²) in [6, 6.07) is 5.19. The summed E-state index contributed by atoms with van der Waals surface area (Å²) in [6.07, 6.45) is 3.37. The number of hydrogen-bond acceptors (Lipinski definition) is 3. The van der Waals surface area contributed by atoms with E-state index < -0.39 is 5.97 Å². The van der Waals surface area contributed by atoms with Gasteiger partial charge in [0.15, 0.2) is 10.9 Å². The molecule has 0 saturated heterocycles. The molecule has 0 aliphatic rings. The fourth-order valence-corrected chi connectivity index (χ4v) is 3.84. The Bertz CT molecular complexity index is 732. The number of unbranched alkanes of at least 4 members (excludes halogenated alkanes) is 2. The molecule has 0 aliphatic heterocycles. The van der Waals surface area contributed by atoms with Gasteiger partial charge in [-0.05, 0) is 37.1 Å². The van der Waals surface area contributed by atoms with Crippen LogP contribution in [-0.2, 0) is 6.54 Å². The van der Waals surface area contributed by atoms with Crippen molar-refractivity contribution in [1.29, 1.82) is 0 Å². The zero-order valence-electron chi connectivity index (χ0n) is 13.7. The lowest BCUT2D eigenvalue weighted by molar-refractivity contribution is 0.0684. The Morgan fingerprint density at radius 1 is 1.33 bits per heavy atom. The van der Waals surface area contributed by atoms with Crippen LogP contribution in [0.15, 0.2) is 23.4 Å². The van der Waals surface area contributed by atoms with Crippen molar-refractivity contribution in [3.8, 4) is 0 Å². The van der Waals surface area contributed by atoms with Gasteiger partial charge in [-0.25, -0.2) is 9.78 Å². The van der Waals surface area contributed by atoms with E-state index in [0.29, 0.717) is 27.4 Å². The van der Waals surface area contributed by atoms with Crippen molar-refractivity contribution in [3.05, 3.63) is 45.2 Å². The maximum Gasteiger partial charge on any atom is 0.354 e. The third-order valence-electron chi connectivity index (χ3n) is 3.62. The maximum absolute atomic E-state index is 11.6. The molecule has 2 rings (SSSR count). The van der Waals surface area contributed by atoms with Crippen LogP contribution in [0.3, 0.4) is 0 Å². The van der Waals surface area contributed by atoms with Crippen LogP contribution in [0.4, 0.5) is 0 Å². The minimum atomic E-state index is -0.987. The van der Waals surface area contributed by atoms with Crippen molar-refractivity contribution in [1.82, 2.24) is 9.55 Å². The zero-order chi connectivity index (χ0) is 17.7. The largest absolute Gasteiger partial charge is 0.477 e. The average Bonchev–Trinajstić information content (AvgIpc) is 2.83. The summed E-state index contributed by atoms with van der Waals surface area (Å²) in [7, 11) is 0. The molecule has 0 fully saturated rings. The van der Waals surface area contributed by atoms with Crippen LogP contribution in [0.25, 0.3) is 0 Å². The van der Waals surface area contributed by atoms with Gasteiger partial charge in [0.1, 0.15) is 0 Å². The summed E-state index contributed by atoms with van der Waals surface area (Å²) in [5.74, 6) is -0.0781. The van der Waals surface area contributed by atoms with Crippen LogP contribution in [0.5, 0.6) is 0 Å². The first kappa shape index (κ1) is 19.2. The van der Waals surface area contributed by atoms with Crippen molar-refractivity contribution in [2.45, 2.75) is 44.8 Å². The highest BCUT2D eigenvalue weighted by molar-refractivity contribution is 7.99. The average molecular weight is 387 g/mol. The highest BCUT2D eigenvalue weighted by Gasteiger charge is 2.21. The van der Waals surface area contributed by atoms with Crippen molar-refractivity contribution >= 4 is 40.9 Å². The number of nitrogens with zero attached hydrogens (tertiary/aromatic N) is 2. The third kappa shape index (κ3) is 4.68. The van der Waals surface area contributed by atoms with E-state index in [2.05, 4.69) is 11.9 Å². The standard InChI is InChI=1S/C17H20Cl2N2O2S/c1-3-4-5-8-24-17-20-11(2)15(16(22)23)21(17)10-12-9-13(18)6-7-14(12)19/h6-7,9H,3-5,8,10H2,1-2H3,(H,22,23). The van der Waals surface area contributed by atoms with Crippen molar-refractivity contribution in [2.24, 2.45) is 0 Å². The van der Waals surface area contributed by atoms with Gasteiger partial charge in [0.25, 0.3) is 0 Å². The number of halogens is 2. The van der Waals surface area contributed by atoms with E-state index in [1.165, 1.54) is 0 Å². The molecule has 0 aliphatic carbocycles. The topological polar surface area (TPSA) is 55.1 Å². The summed E-state index contributed by atoms with van der Waals surface area (Å²) < 4.78 is 1.71. The van der Waals surface area contributed by atoms with Gasteiger partial charge in [-0.1, -0.05) is 54.7 Å². The second kappa shape index (κ2) is 8.79. The molecule has 1 heterocycles. The normalized spacial score (nSPS) is 11.0. The maximum atomic E-state index is 11.6. The smallest absolute Gasteiger partial charge is 0.354 e. The van der Waals surface area contributed by atoms with E-state index in [0.717, 1.165) is 30.6 Å². The van der Waals surface area contributed by atoms with Gasteiger partial charge < -0.3 is 9.67 Å². The molecular weight excluding hydrogens is 367 g/mol. The van der Waals surface area contributed by atoms with Crippen LogP contribution in [0.1, 0.15) is 47.9 Å². The van der Waals surface area contributed by atoms with Crippen LogP contribution >= 0.6 is 35.0 Å². The lowest BCUT2D eigenvalue weighted by Crippen LogP contribution is -2.12. The molecule has 7 heteroatoms. The Kier molecular flexibility index (Phi) is 7.02. The van der Waals surface area contributed by atoms with E-state index in [1.54, 1.807) is 41.5 Å². The van der Waals surface area contributed by atoms with Gasteiger partial charge in [0.2, 0.25) is 0 Å². The summed E-state index contributed by atoms with van der Waals surface area (Å²) in [5.41, 5.74) is 1.49. The van der Waals surface area contributed by atoms with E-state index in [9.17, 15) is 9.90 Å². The summed E-state index contributed by atoms with van der Waals surface area (Å²) >= 11 is 13.9. The van der Waals surface area contributed by atoms with E-state index in [-0.39, 0.29) is 5.69 Å². The summed E-state index contributed by atoms with van der Waals surface area (Å²) in [4.78, 5) is 16.1. The quantitative estimate of drug-likeness (QED) is 0.478. The van der Waals surface area contributed by atoms with Gasteiger partial charge in [0, 0.05) is 15.8 Å². The molecule has 4 nitrogen and oxygen atoms in total. The zero-order valence-corrected chi connectivity index (χ0v) is 16.0. The first-order chi connectivity index (χ1) is 11.4. The van der Waals surface area contributed by atoms with E-state index in [1.807, 2.05) is 0 Å². The number of aromatic carboxylic acids is 1. The number of benzene rings is 1. The Balaban J connectivity index is 2.34. The summed E-state index contributed by atoms with van der Waals surface area (Å²) in [6.45, 7) is 4.20. The molecule has 0 unspecified atom stereocenters. The number of thioether (sulfide) groups is 1. The highest BCUT2D eigenvalue weighted by Crippen LogP contribution is 2.27. The molecule has 1 aromatic carbocycles. The number of carbonyl (C=O) groups is 1. The van der Waals surface area contributed by atoms with E-state index in [4.69, 9.17) is 23.2 Å². The van der Waals surface area contributed by atoms with Crippen molar-refractivity contribution in [2.75, 3.05) is 5.75 Å². The number of aryl methyl sites for hydroxylation is 1. The fourth-order valence-electron chi connectivity index (χ4n) is 2.43. The molecule has 1 aromatic heterocycles. The molecule has 0 atom stereocenters. The fraction of sp³-hybridized carbons (Fsp3) is 0.412. The number of hydrogen-bond donors (Lipinski definition) is 1. The van der Waals surface area contributed by atoms with Crippen LogP contribution in [0.2, 0.25) is 10.0 Å². The number of imidazole rings is 1. The predicted molar refractivity (Wildman–Crippen MR) is 99.7 cm³/mol. The van der Waals surface area contributed by atoms with Crippen LogP contribution in [0, 0.1) is 6.92 Å². The van der Waals surface area contributed by atoms with Gasteiger partial charge >= 0.3 is 5.97 Å². The van der Waals surface area contributed by atoms with Crippen molar-refractivity contribution < 1.29 is 9.90 Å². The van der Waals surface area contributed by atoms with Crippen LogP contribution < -0.4 is 0 Å². The molecule has 130 valence electrons. The first-order valence-electron chi connectivity index (χ1n) is 7.81. The Morgan fingerprint density at radius 2 is 2.08 bits per heavy atom. The molecule has 0 spiro atoms. The van der Waals surface area contributed by atoms with Crippen molar-refractivity contribution in [3.63, 3.8) is 0 Å². The minimum absolute atomic E-state index is 0.198. The second-order valence-electron chi connectivity index (χ2n) is 5.51. The summed E-state index contributed by atoms with van der Waals surface area (Å²) in [5, 5.41) is 11.4. The highest BCUT2D eigenvalue weighted by atomic mass is 35.5. The molecule has 0 amide bonds. The second-order valence-corrected chi connectivity index (χ2v) is 7.42. The first-order valence-corrected chi connectivity index (χ1v) is 9.55. The number of rotatable bonds is 8. The Morgan fingerprint density at radius 3 is 2.75 bits per heavy atom. The van der Waals surface area contributed by atoms with Gasteiger partial charge in [-0.15, -0.1) is 0 Å². The monoisotopic (exact) mass is 386 g/mol. The molecular formula is C17H20Cl2N2O2S. The molecule has 2 aromatic rings. The molecule has 0 saturated carbocycles. The van der Waals surface area contributed by atoms with Crippen LogP contribution in [-0.4, -0.2) is 26.4 Å². The molecule has 0 radical (unpaired) electrons. The lowest BCUT2D eigenvalue weighted by atomic mass is 10.2. The van der Waals surface area contributed by atoms with Gasteiger partial charge in [-0.2, -0.15) is 0 Å². The SMILES string of the molecule is CCCCCSc1nc(C)c(C(=O)O)n1Cc1cc(Cl)ccc1Cl. The van der Waals surface area contributed by atoms with E-state index >= 15 is 0 Å². The Hall–Kier alpha value is -1.17. The molecule has 1 N–H and O–H groups in total. The number of aromatic nitrogens is 2.